The molecule has 0 aliphatic rings. The first-order chi connectivity index (χ1) is 7.70. The summed E-state index contributed by atoms with van der Waals surface area (Å²) in [6.45, 7) is 4.23. The fraction of sp³-hybridized carbons (Fsp3) is 0.364. The largest absolute Gasteiger partial charge is 0.357 e. The summed E-state index contributed by atoms with van der Waals surface area (Å²) in [6.07, 6.45) is 3.63. The van der Waals surface area contributed by atoms with Crippen LogP contribution < -0.4 is 5.32 Å². The number of anilines is 1. The molecular formula is C11H15N5. The van der Waals surface area contributed by atoms with E-state index < -0.39 is 0 Å². The Bertz CT molecular complexity index is 475. The monoisotopic (exact) mass is 217 g/mol. The van der Waals surface area contributed by atoms with Crippen molar-refractivity contribution < 1.29 is 0 Å². The molecule has 2 heterocycles. The van der Waals surface area contributed by atoms with E-state index in [1.165, 1.54) is 0 Å². The van der Waals surface area contributed by atoms with Gasteiger partial charge >= 0.3 is 0 Å². The van der Waals surface area contributed by atoms with Gasteiger partial charge in [0, 0.05) is 25.5 Å². The van der Waals surface area contributed by atoms with Crippen molar-refractivity contribution in [2.45, 2.75) is 19.8 Å². The fourth-order valence-electron chi connectivity index (χ4n) is 1.37. The number of aromatic nitrogens is 4. The molecule has 0 saturated heterocycles. The summed E-state index contributed by atoms with van der Waals surface area (Å²) < 4.78 is 1.76. The predicted octanol–water partition coefficient (Wildman–Crippen LogP) is 1.83. The molecule has 0 saturated carbocycles. The Morgan fingerprint density at radius 1 is 1.31 bits per heavy atom. The summed E-state index contributed by atoms with van der Waals surface area (Å²) in [5, 5.41) is 7.36. The van der Waals surface area contributed by atoms with E-state index in [-0.39, 0.29) is 0 Å². The van der Waals surface area contributed by atoms with Gasteiger partial charge in [0.1, 0.15) is 0 Å². The molecule has 0 aromatic carbocycles. The van der Waals surface area contributed by atoms with Gasteiger partial charge in [-0.25, -0.2) is 9.67 Å². The fourth-order valence-corrected chi connectivity index (χ4v) is 1.37. The van der Waals surface area contributed by atoms with Crippen molar-refractivity contribution in [3.63, 3.8) is 0 Å². The van der Waals surface area contributed by atoms with Crippen LogP contribution in [0.1, 0.15) is 25.5 Å². The average molecular weight is 217 g/mol. The zero-order valence-corrected chi connectivity index (χ0v) is 9.68. The molecule has 84 valence electrons. The lowest BCUT2D eigenvalue weighted by Gasteiger charge is -2.03. The van der Waals surface area contributed by atoms with Gasteiger partial charge in [-0.2, -0.15) is 10.1 Å². The van der Waals surface area contributed by atoms with E-state index in [0.717, 1.165) is 11.5 Å². The average Bonchev–Trinajstić information content (AvgIpc) is 2.78. The van der Waals surface area contributed by atoms with Crippen LogP contribution in [-0.4, -0.2) is 26.8 Å². The maximum absolute atomic E-state index is 4.45. The van der Waals surface area contributed by atoms with Gasteiger partial charge in [0.05, 0.1) is 5.69 Å². The topological polar surface area (TPSA) is 55.6 Å². The van der Waals surface area contributed by atoms with Crippen molar-refractivity contribution in [2.75, 3.05) is 12.4 Å². The minimum Gasteiger partial charge on any atom is -0.357 e. The molecule has 0 spiro atoms. The Balaban J connectivity index is 2.34. The third-order valence-corrected chi connectivity index (χ3v) is 2.30. The zero-order valence-electron chi connectivity index (χ0n) is 9.68. The first-order valence-electron chi connectivity index (χ1n) is 5.27. The molecule has 0 bridgehead atoms. The number of nitrogens with zero attached hydrogens (tertiary/aromatic N) is 4. The van der Waals surface area contributed by atoms with Crippen molar-refractivity contribution in [1.29, 1.82) is 0 Å². The molecule has 0 amide bonds. The number of hydrogen-bond donors (Lipinski definition) is 1. The first kappa shape index (κ1) is 10.6. The van der Waals surface area contributed by atoms with Gasteiger partial charge in [-0.05, 0) is 12.0 Å². The van der Waals surface area contributed by atoms with Crippen LogP contribution in [0.15, 0.2) is 24.5 Å². The molecule has 2 rings (SSSR count). The number of hydrogen-bond acceptors (Lipinski definition) is 4. The third kappa shape index (κ3) is 2.03. The normalized spacial score (nSPS) is 10.8. The van der Waals surface area contributed by atoms with E-state index in [1.807, 2.05) is 18.3 Å². The molecule has 2 aromatic rings. The van der Waals surface area contributed by atoms with E-state index >= 15 is 0 Å². The van der Waals surface area contributed by atoms with E-state index in [0.29, 0.717) is 11.9 Å². The molecule has 0 atom stereocenters. The number of rotatable bonds is 3. The van der Waals surface area contributed by atoms with Crippen LogP contribution in [0.5, 0.6) is 0 Å². The van der Waals surface area contributed by atoms with Crippen molar-refractivity contribution in [3.05, 3.63) is 30.2 Å². The first-order valence-corrected chi connectivity index (χ1v) is 5.27. The lowest BCUT2D eigenvalue weighted by molar-refractivity contribution is 0.756. The second-order valence-electron chi connectivity index (χ2n) is 3.83. The Labute approximate surface area is 94.5 Å². The standard InChI is InChI=1S/C11H15N5/c1-8(2)9-5-7-16(15-9)10-4-6-13-11(12-3)14-10/h4-8H,1-3H3,(H,12,13,14). The molecule has 0 aliphatic heterocycles. The maximum atomic E-state index is 4.45. The van der Waals surface area contributed by atoms with Crippen LogP contribution in [0.3, 0.4) is 0 Å². The Kier molecular flexibility index (Phi) is 2.85. The molecule has 1 N–H and O–H groups in total. The minimum atomic E-state index is 0.423. The summed E-state index contributed by atoms with van der Waals surface area (Å²) in [6, 6.07) is 3.84. The molecule has 0 radical (unpaired) electrons. The molecule has 0 fully saturated rings. The molecule has 0 aliphatic carbocycles. The van der Waals surface area contributed by atoms with Crippen LogP contribution in [0.4, 0.5) is 5.95 Å². The third-order valence-electron chi connectivity index (χ3n) is 2.30. The summed E-state index contributed by atoms with van der Waals surface area (Å²) in [5.74, 6) is 1.79. The highest BCUT2D eigenvalue weighted by molar-refractivity contribution is 5.30. The molecular weight excluding hydrogens is 202 g/mol. The SMILES string of the molecule is CNc1nccc(-n2ccc(C(C)C)n2)n1. The smallest absolute Gasteiger partial charge is 0.224 e. The van der Waals surface area contributed by atoms with Crippen molar-refractivity contribution in [1.82, 2.24) is 19.7 Å². The van der Waals surface area contributed by atoms with Gasteiger partial charge in [-0.3, -0.25) is 0 Å². The highest BCUT2D eigenvalue weighted by Crippen LogP contribution is 2.13. The van der Waals surface area contributed by atoms with Gasteiger partial charge in [0.25, 0.3) is 0 Å². The summed E-state index contributed by atoms with van der Waals surface area (Å²) in [5.41, 5.74) is 1.06. The quantitative estimate of drug-likeness (QED) is 0.852. The Hall–Kier alpha value is -1.91. The van der Waals surface area contributed by atoms with E-state index in [2.05, 4.69) is 34.2 Å². The highest BCUT2D eigenvalue weighted by Gasteiger charge is 2.05. The van der Waals surface area contributed by atoms with Gasteiger partial charge in [0.2, 0.25) is 5.95 Å². The van der Waals surface area contributed by atoms with Crippen molar-refractivity contribution >= 4 is 5.95 Å². The Morgan fingerprint density at radius 3 is 2.75 bits per heavy atom. The summed E-state index contributed by atoms with van der Waals surface area (Å²) >= 11 is 0. The van der Waals surface area contributed by atoms with Gasteiger partial charge < -0.3 is 5.32 Å². The van der Waals surface area contributed by atoms with E-state index in [9.17, 15) is 0 Å². The van der Waals surface area contributed by atoms with Crippen LogP contribution in [0.25, 0.3) is 5.82 Å². The van der Waals surface area contributed by atoms with Crippen LogP contribution in [0.2, 0.25) is 0 Å². The van der Waals surface area contributed by atoms with Crippen LogP contribution in [-0.2, 0) is 0 Å². The lowest BCUT2D eigenvalue weighted by Crippen LogP contribution is -2.03. The molecule has 0 unspecified atom stereocenters. The predicted molar refractivity (Wildman–Crippen MR) is 62.8 cm³/mol. The van der Waals surface area contributed by atoms with Crippen molar-refractivity contribution in [3.8, 4) is 5.82 Å². The maximum Gasteiger partial charge on any atom is 0.224 e. The van der Waals surface area contributed by atoms with Crippen molar-refractivity contribution in [2.24, 2.45) is 0 Å². The number of nitrogens with one attached hydrogen (secondary N) is 1. The zero-order chi connectivity index (χ0) is 11.5. The molecule has 5 heteroatoms. The second kappa shape index (κ2) is 4.30. The lowest BCUT2D eigenvalue weighted by atomic mass is 10.1. The molecule has 16 heavy (non-hydrogen) atoms. The molecule has 2 aromatic heterocycles. The second-order valence-corrected chi connectivity index (χ2v) is 3.83. The van der Waals surface area contributed by atoms with Gasteiger partial charge in [-0.15, -0.1) is 0 Å². The van der Waals surface area contributed by atoms with E-state index in [4.69, 9.17) is 0 Å². The highest BCUT2D eigenvalue weighted by atomic mass is 15.3. The summed E-state index contributed by atoms with van der Waals surface area (Å²) in [4.78, 5) is 8.37. The summed E-state index contributed by atoms with van der Waals surface area (Å²) in [7, 11) is 1.79. The van der Waals surface area contributed by atoms with E-state index in [1.54, 1.807) is 17.9 Å². The van der Waals surface area contributed by atoms with Crippen LogP contribution in [0, 0.1) is 0 Å². The minimum absolute atomic E-state index is 0.423. The van der Waals surface area contributed by atoms with Crippen LogP contribution >= 0.6 is 0 Å². The Morgan fingerprint density at radius 2 is 2.12 bits per heavy atom. The van der Waals surface area contributed by atoms with Gasteiger partial charge in [-0.1, -0.05) is 13.8 Å². The molecule has 5 nitrogen and oxygen atoms in total. The van der Waals surface area contributed by atoms with Gasteiger partial charge in [0.15, 0.2) is 5.82 Å².